The van der Waals surface area contributed by atoms with Crippen LogP contribution >= 0.6 is 46.3 Å². The predicted octanol–water partition coefficient (Wildman–Crippen LogP) is 5.44. The smallest absolute Gasteiger partial charge is 0.253 e. The van der Waals surface area contributed by atoms with Crippen molar-refractivity contribution >= 4 is 73.5 Å². The fourth-order valence-electron chi connectivity index (χ4n) is 3.25. The van der Waals surface area contributed by atoms with E-state index in [9.17, 15) is 9.59 Å². The van der Waals surface area contributed by atoms with Crippen molar-refractivity contribution in [3.8, 4) is 0 Å². The number of anilines is 1. The number of thiazole rings is 1. The number of amides is 2. The Morgan fingerprint density at radius 1 is 1.18 bits per heavy atom. The summed E-state index contributed by atoms with van der Waals surface area (Å²) in [6.45, 7) is 4.33. The summed E-state index contributed by atoms with van der Waals surface area (Å²) in [5, 5.41) is 16.0. The van der Waals surface area contributed by atoms with E-state index in [0.717, 1.165) is 10.2 Å². The van der Waals surface area contributed by atoms with Crippen molar-refractivity contribution in [3.63, 3.8) is 0 Å². The Morgan fingerprint density at radius 3 is 2.71 bits per heavy atom. The van der Waals surface area contributed by atoms with E-state index in [1.165, 1.54) is 29.2 Å². The Labute approximate surface area is 214 Å². The molecule has 12 heteroatoms. The Balaban J connectivity index is 1.39. The molecule has 176 valence electrons. The molecule has 2 aromatic heterocycles. The second kappa shape index (κ2) is 10.7. The van der Waals surface area contributed by atoms with Gasteiger partial charge >= 0.3 is 0 Å². The molecule has 4 rings (SSSR count). The highest BCUT2D eigenvalue weighted by Crippen LogP contribution is 2.27. The maximum Gasteiger partial charge on any atom is 0.253 e. The number of nitrogens with zero attached hydrogens (tertiary/aromatic N) is 4. The summed E-state index contributed by atoms with van der Waals surface area (Å²) in [5.74, 6) is 0.198. The van der Waals surface area contributed by atoms with Gasteiger partial charge in [0, 0.05) is 11.6 Å². The van der Waals surface area contributed by atoms with Crippen LogP contribution in [-0.4, -0.2) is 37.3 Å². The topological polar surface area (TPSA) is 102 Å². The highest BCUT2D eigenvalue weighted by atomic mass is 35.5. The summed E-state index contributed by atoms with van der Waals surface area (Å²) in [4.78, 5) is 29.5. The van der Waals surface area contributed by atoms with Gasteiger partial charge in [-0.25, -0.2) is 4.98 Å². The normalized spacial score (nSPS) is 12.0. The van der Waals surface area contributed by atoms with Crippen molar-refractivity contribution in [2.45, 2.75) is 31.6 Å². The lowest BCUT2D eigenvalue weighted by molar-refractivity contribution is -0.113. The zero-order valence-electron chi connectivity index (χ0n) is 18.2. The molecule has 1 atom stereocenters. The van der Waals surface area contributed by atoms with Crippen LogP contribution in [0.3, 0.4) is 0 Å². The van der Waals surface area contributed by atoms with Gasteiger partial charge in [-0.3, -0.25) is 9.59 Å². The number of thioether (sulfide) groups is 1. The first-order chi connectivity index (χ1) is 16.4. The molecule has 8 nitrogen and oxygen atoms in total. The lowest BCUT2D eigenvalue weighted by Gasteiger charge is -2.15. The molecule has 0 bridgehead atoms. The highest BCUT2D eigenvalue weighted by Gasteiger charge is 2.21. The van der Waals surface area contributed by atoms with Crippen molar-refractivity contribution in [2.75, 3.05) is 11.1 Å². The fourth-order valence-corrected chi connectivity index (χ4v) is 5.43. The van der Waals surface area contributed by atoms with Crippen LogP contribution < -0.4 is 10.6 Å². The third-order valence-corrected chi connectivity index (χ3v) is 7.31. The molecule has 34 heavy (non-hydrogen) atoms. The fraction of sp³-hybridized carbons (Fsp3) is 0.227. The Kier molecular flexibility index (Phi) is 7.72. The number of hydrogen-bond donors (Lipinski definition) is 2. The van der Waals surface area contributed by atoms with Gasteiger partial charge < -0.3 is 15.2 Å². The van der Waals surface area contributed by atoms with Gasteiger partial charge in [0.2, 0.25) is 5.91 Å². The minimum Gasteiger partial charge on any atom is -0.342 e. The van der Waals surface area contributed by atoms with Gasteiger partial charge in [-0.15, -0.1) is 10.2 Å². The second-order valence-electron chi connectivity index (χ2n) is 7.23. The van der Waals surface area contributed by atoms with Crippen molar-refractivity contribution in [3.05, 3.63) is 63.9 Å². The van der Waals surface area contributed by atoms with E-state index in [-0.39, 0.29) is 22.6 Å². The van der Waals surface area contributed by atoms with Crippen molar-refractivity contribution in [2.24, 2.45) is 0 Å². The molecule has 4 aromatic rings. The number of halogens is 2. The lowest BCUT2D eigenvalue weighted by Crippen LogP contribution is -2.29. The van der Waals surface area contributed by atoms with Crippen LogP contribution in [0.4, 0.5) is 5.13 Å². The van der Waals surface area contributed by atoms with E-state index in [2.05, 4.69) is 25.8 Å². The van der Waals surface area contributed by atoms with Gasteiger partial charge in [-0.05, 0) is 44.2 Å². The summed E-state index contributed by atoms with van der Waals surface area (Å²) in [5.41, 5.74) is 1.17. The average Bonchev–Trinajstić information content (AvgIpc) is 3.40. The summed E-state index contributed by atoms with van der Waals surface area (Å²) in [6.07, 6.45) is 0. The van der Waals surface area contributed by atoms with Crippen LogP contribution in [0.5, 0.6) is 0 Å². The van der Waals surface area contributed by atoms with Crippen LogP contribution in [-0.2, 0) is 11.3 Å². The molecule has 2 amide bonds. The van der Waals surface area contributed by atoms with Crippen molar-refractivity contribution in [1.29, 1.82) is 0 Å². The molecule has 0 saturated heterocycles. The number of fused-ring (bicyclic) bond motifs is 1. The number of hydrogen-bond acceptors (Lipinski definition) is 7. The first-order valence-electron chi connectivity index (χ1n) is 10.3. The van der Waals surface area contributed by atoms with Gasteiger partial charge in [-0.2, -0.15) is 0 Å². The quantitative estimate of drug-likeness (QED) is 0.292. The van der Waals surface area contributed by atoms with Gasteiger partial charge in [0.15, 0.2) is 16.1 Å². The van der Waals surface area contributed by atoms with Crippen molar-refractivity contribution < 1.29 is 9.59 Å². The minimum absolute atomic E-state index is 0.148. The molecule has 0 saturated carbocycles. The third-order valence-electron chi connectivity index (χ3n) is 4.84. The molecule has 2 aromatic carbocycles. The SMILES string of the molecule is CCn1c(SCC(=O)Nc2nc3ccccc3s2)nnc1[C@@H](C)NC(=O)c1ccc(Cl)cc1Cl. The summed E-state index contributed by atoms with van der Waals surface area (Å²) in [6, 6.07) is 12.0. The van der Waals surface area contributed by atoms with Crippen LogP contribution in [0.25, 0.3) is 10.2 Å². The van der Waals surface area contributed by atoms with Gasteiger partial charge in [-0.1, -0.05) is 58.4 Å². The van der Waals surface area contributed by atoms with Gasteiger partial charge in [0.25, 0.3) is 5.91 Å². The molecule has 0 spiro atoms. The molecular weight excluding hydrogens is 515 g/mol. The number of nitrogens with one attached hydrogen (secondary N) is 2. The molecule has 2 N–H and O–H groups in total. The monoisotopic (exact) mass is 534 g/mol. The van der Waals surface area contributed by atoms with Crippen molar-refractivity contribution in [1.82, 2.24) is 25.1 Å². The predicted molar refractivity (Wildman–Crippen MR) is 137 cm³/mol. The summed E-state index contributed by atoms with van der Waals surface area (Å²) >= 11 is 14.8. The Bertz CT molecular complexity index is 1320. The number of benzene rings is 2. The molecule has 0 radical (unpaired) electrons. The number of aromatic nitrogens is 4. The standard InChI is InChI=1S/C22H20Cl2N6O2S2/c1-3-30-19(12(2)25-20(32)14-9-8-13(23)10-15(14)24)28-29-22(30)33-11-18(31)27-21-26-16-6-4-5-7-17(16)34-21/h4-10,12H,3,11H2,1-2H3,(H,25,32)(H,26,27,31)/t12-/m1/s1. The number of carbonyl (C=O) groups excluding carboxylic acids is 2. The maximum absolute atomic E-state index is 12.7. The molecule has 0 unspecified atom stereocenters. The minimum atomic E-state index is -0.433. The van der Waals surface area contributed by atoms with E-state index in [1.807, 2.05) is 42.7 Å². The van der Waals surface area contributed by atoms with Gasteiger partial charge in [0.1, 0.15) is 0 Å². The second-order valence-corrected chi connectivity index (χ2v) is 10.0. The number of rotatable bonds is 8. The van der Waals surface area contributed by atoms with E-state index in [4.69, 9.17) is 23.2 Å². The van der Waals surface area contributed by atoms with Crippen LogP contribution in [0, 0.1) is 0 Å². The first-order valence-corrected chi connectivity index (χ1v) is 12.9. The third kappa shape index (κ3) is 5.52. The summed E-state index contributed by atoms with van der Waals surface area (Å²) < 4.78 is 2.88. The molecule has 2 heterocycles. The molecular formula is C22H20Cl2N6O2S2. The maximum atomic E-state index is 12.7. The highest BCUT2D eigenvalue weighted by molar-refractivity contribution is 7.99. The van der Waals surface area contributed by atoms with E-state index in [0.29, 0.717) is 33.2 Å². The number of carbonyl (C=O) groups is 2. The Hall–Kier alpha value is -2.66. The molecule has 0 aliphatic carbocycles. The molecule has 0 aliphatic rings. The van der Waals surface area contributed by atoms with Gasteiger partial charge in [0.05, 0.1) is 32.6 Å². The van der Waals surface area contributed by atoms with Crippen LogP contribution in [0.1, 0.15) is 36.1 Å². The largest absolute Gasteiger partial charge is 0.342 e. The van der Waals surface area contributed by atoms with E-state index < -0.39 is 6.04 Å². The number of para-hydroxylation sites is 1. The molecule has 0 aliphatic heterocycles. The summed E-state index contributed by atoms with van der Waals surface area (Å²) in [7, 11) is 0. The van der Waals surface area contributed by atoms with E-state index in [1.54, 1.807) is 12.1 Å². The average molecular weight is 535 g/mol. The van der Waals surface area contributed by atoms with Crippen LogP contribution in [0.15, 0.2) is 47.6 Å². The first kappa shape index (κ1) is 24.5. The van der Waals surface area contributed by atoms with Crippen LogP contribution in [0.2, 0.25) is 10.0 Å². The zero-order chi connectivity index (χ0) is 24.2. The molecule has 0 fully saturated rings. The Morgan fingerprint density at radius 2 is 1.97 bits per heavy atom. The van der Waals surface area contributed by atoms with E-state index >= 15 is 0 Å². The zero-order valence-corrected chi connectivity index (χ0v) is 21.4. The lowest BCUT2D eigenvalue weighted by atomic mass is 10.2.